The highest BCUT2D eigenvalue weighted by Gasteiger charge is 2.51. The van der Waals surface area contributed by atoms with Gasteiger partial charge < -0.3 is 5.32 Å². The van der Waals surface area contributed by atoms with E-state index in [2.05, 4.69) is 10.0 Å². The Hall–Kier alpha value is -2.38. The summed E-state index contributed by atoms with van der Waals surface area (Å²) in [7, 11) is -3.24. The highest BCUT2D eigenvalue weighted by molar-refractivity contribution is 7.88. The quantitative estimate of drug-likeness (QED) is 0.401. The van der Waals surface area contributed by atoms with Crippen LogP contribution in [0.1, 0.15) is 32.4 Å². The lowest BCUT2D eigenvalue weighted by molar-refractivity contribution is -0.118. The van der Waals surface area contributed by atoms with Crippen LogP contribution < -0.4 is 10.0 Å². The van der Waals surface area contributed by atoms with Gasteiger partial charge in [-0.05, 0) is 71.8 Å². The van der Waals surface area contributed by atoms with E-state index < -0.39 is 15.4 Å². The molecule has 0 atom stereocenters. The summed E-state index contributed by atoms with van der Waals surface area (Å²) in [6.07, 6.45) is 2.66. The first kappa shape index (κ1) is 23.8. The van der Waals surface area contributed by atoms with Crippen LogP contribution in [-0.2, 0) is 26.8 Å². The molecular formula is C25H28Cl2N2O3S. The topological polar surface area (TPSA) is 75.3 Å². The van der Waals surface area contributed by atoms with Crippen LogP contribution in [0.15, 0.2) is 60.7 Å². The number of rotatable bonds is 7. The predicted molar refractivity (Wildman–Crippen MR) is 139 cm³/mol. The van der Waals surface area contributed by atoms with E-state index in [9.17, 15) is 13.2 Å². The molecule has 33 heavy (non-hydrogen) atoms. The van der Waals surface area contributed by atoms with Gasteiger partial charge in [-0.3, -0.25) is 4.79 Å². The van der Waals surface area contributed by atoms with Gasteiger partial charge in [0, 0.05) is 15.1 Å². The van der Waals surface area contributed by atoms with Crippen molar-refractivity contribution in [2.45, 2.75) is 31.7 Å². The van der Waals surface area contributed by atoms with E-state index in [0.29, 0.717) is 10.0 Å². The van der Waals surface area contributed by atoms with Gasteiger partial charge in [0.05, 0.1) is 21.7 Å². The number of anilines is 1. The summed E-state index contributed by atoms with van der Waals surface area (Å²) in [5, 5.41) is 3.99. The average Bonchev–Trinajstić information content (AvgIpc) is 3.58. The van der Waals surface area contributed by atoms with E-state index in [1.54, 1.807) is 12.1 Å². The minimum Gasteiger partial charge on any atom is -0.325 e. The zero-order valence-electron chi connectivity index (χ0n) is 18.3. The Bertz CT molecular complexity index is 1330. The first-order chi connectivity index (χ1) is 15.6. The number of benzene rings is 3. The summed E-state index contributed by atoms with van der Waals surface area (Å²) in [5.74, 6) is -0.0575. The zero-order chi connectivity index (χ0) is 23.8. The number of carbonyl (C=O) groups excluding carboxylic acids is 1. The third-order valence-corrected chi connectivity index (χ3v) is 7.36. The number of nitrogens with one attached hydrogen (secondary N) is 2. The minimum atomic E-state index is -3.24. The smallest absolute Gasteiger partial charge is 0.235 e. The molecule has 0 aliphatic heterocycles. The molecule has 0 radical (unpaired) electrons. The molecule has 5 nitrogen and oxygen atoms in total. The van der Waals surface area contributed by atoms with Gasteiger partial charge in [-0.2, -0.15) is 0 Å². The maximum Gasteiger partial charge on any atom is 0.235 e. The Morgan fingerprint density at radius 2 is 1.70 bits per heavy atom. The van der Waals surface area contributed by atoms with E-state index in [4.69, 9.17) is 23.2 Å². The van der Waals surface area contributed by atoms with Crippen molar-refractivity contribution < 1.29 is 16.1 Å². The van der Waals surface area contributed by atoms with Crippen LogP contribution in [0.25, 0.3) is 11.1 Å². The summed E-state index contributed by atoms with van der Waals surface area (Å²) in [5.41, 5.74) is 4.93. The molecule has 0 bridgehead atoms. The van der Waals surface area contributed by atoms with Crippen LogP contribution in [0, 0.1) is 6.92 Å². The highest BCUT2D eigenvalue weighted by Crippen LogP contribution is 2.50. The van der Waals surface area contributed by atoms with Crippen molar-refractivity contribution in [2.24, 2.45) is 0 Å². The second-order valence-corrected chi connectivity index (χ2v) is 11.1. The predicted octanol–water partition coefficient (Wildman–Crippen LogP) is 6.18. The molecular weight excluding hydrogens is 479 g/mol. The average molecular weight is 507 g/mol. The normalized spacial score (nSPS) is 14.7. The highest BCUT2D eigenvalue weighted by atomic mass is 35.5. The molecule has 1 aliphatic carbocycles. The van der Waals surface area contributed by atoms with Crippen LogP contribution >= 0.6 is 23.2 Å². The minimum absolute atomic E-state index is 0. The van der Waals surface area contributed by atoms with Crippen LogP contribution in [-0.4, -0.2) is 20.6 Å². The summed E-state index contributed by atoms with van der Waals surface area (Å²) in [4.78, 5) is 13.2. The Labute approximate surface area is 207 Å². The molecule has 1 fully saturated rings. The monoisotopic (exact) mass is 506 g/mol. The lowest BCUT2D eigenvalue weighted by Crippen LogP contribution is -2.27. The fraction of sp³-hybridized carbons (Fsp3) is 0.240. The number of aryl methyl sites for hydroxylation is 1. The third kappa shape index (κ3) is 5.41. The molecule has 0 saturated heterocycles. The SMILES string of the molecule is Cc1ccc(NC(=O)C2(c3ccc(Cl)c(Cl)c3)CC2)cc1-c1ccc(CNS(C)(=O)=O)cc1.[HH].[HH]. The zero-order valence-corrected chi connectivity index (χ0v) is 20.6. The van der Waals surface area contributed by atoms with Crippen molar-refractivity contribution in [3.63, 3.8) is 0 Å². The molecule has 1 saturated carbocycles. The van der Waals surface area contributed by atoms with Gasteiger partial charge in [-0.25, -0.2) is 13.1 Å². The molecule has 4 rings (SSSR count). The molecule has 0 aromatic heterocycles. The lowest BCUT2D eigenvalue weighted by Gasteiger charge is -2.17. The summed E-state index contributed by atoms with van der Waals surface area (Å²) < 4.78 is 25.1. The summed E-state index contributed by atoms with van der Waals surface area (Å²) >= 11 is 12.2. The Morgan fingerprint density at radius 3 is 2.30 bits per heavy atom. The molecule has 0 heterocycles. The maximum absolute atomic E-state index is 13.2. The fourth-order valence-corrected chi connectivity index (χ4v) is 4.57. The van der Waals surface area contributed by atoms with Crippen LogP contribution in [0.4, 0.5) is 5.69 Å². The van der Waals surface area contributed by atoms with Crippen molar-refractivity contribution in [2.75, 3.05) is 11.6 Å². The molecule has 0 spiro atoms. The van der Waals surface area contributed by atoms with Gasteiger partial charge in [0.2, 0.25) is 15.9 Å². The number of amides is 1. The summed E-state index contributed by atoms with van der Waals surface area (Å²) in [6, 6.07) is 18.9. The van der Waals surface area contributed by atoms with Gasteiger partial charge in [0.15, 0.2) is 0 Å². The Kier molecular flexibility index (Phi) is 6.56. The van der Waals surface area contributed by atoms with Gasteiger partial charge in [-0.1, -0.05) is 59.6 Å². The Morgan fingerprint density at radius 1 is 1.00 bits per heavy atom. The number of sulfonamides is 1. The van der Waals surface area contributed by atoms with E-state index in [1.807, 2.05) is 55.5 Å². The Balaban J connectivity index is 0.00000216. The standard InChI is InChI=1S/C25H24Cl2N2O3S.2H2/c1-16-3-9-20(14-21(16)18-6-4-17(5-7-18)15-28-33(2,31)32)29-24(30)25(11-12-25)19-8-10-22(26)23(27)13-19;;/h3-10,13-14,28H,11-12,15H2,1-2H3,(H,29,30);2*1H. The number of carbonyl (C=O) groups is 1. The largest absolute Gasteiger partial charge is 0.325 e. The molecule has 1 amide bonds. The van der Waals surface area contributed by atoms with E-state index in [0.717, 1.165) is 52.6 Å². The molecule has 1 aliphatic rings. The number of halogens is 2. The number of hydrogen-bond acceptors (Lipinski definition) is 3. The van der Waals surface area contributed by atoms with E-state index in [-0.39, 0.29) is 15.3 Å². The van der Waals surface area contributed by atoms with E-state index in [1.165, 1.54) is 0 Å². The van der Waals surface area contributed by atoms with Crippen LogP contribution in [0.2, 0.25) is 10.0 Å². The molecule has 2 N–H and O–H groups in total. The van der Waals surface area contributed by atoms with Gasteiger partial charge in [0.1, 0.15) is 0 Å². The van der Waals surface area contributed by atoms with Gasteiger partial charge >= 0.3 is 0 Å². The van der Waals surface area contributed by atoms with E-state index >= 15 is 0 Å². The molecule has 8 heteroatoms. The van der Waals surface area contributed by atoms with Gasteiger partial charge in [-0.15, -0.1) is 0 Å². The van der Waals surface area contributed by atoms with Crippen LogP contribution in [0.5, 0.6) is 0 Å². The molecule has 0 unspecified atom stereocenters. The lowest BCUT2D eigenvalue weighted by atomic mass is 9.94. The number of hydrogen-bond donors (Lipinski definition) is 2. The fourth-order valence-electron chi connectivity index (χ4n) is 3.84. The van der Waals surface area contributed by atoms with Crippen molar-refractivity contribution >= 4 is 44.8 Å². The van der Waals surface area contributed by atoms with Crippen molar-refractivity contribution in [3.8, 4) is 11.1 Å². The first-order valence-electron chi connectivity index (χ1n) is 10.5. The molecule has 3 aromatic carbocycles. The maximum atomic E-state index is 13.2. The third-order valence-electron chi connectivity index (χ3n) is 5.96. The second kappa shape index (κ2) is 9.11. The van der Waals surface area contributed by atoms with Crippen LogP contribution in [0.3, 0.4) is 0 Å². The molecule has 3 aromatic rings. The van der Waals surface area contributed by atoms with Crippen molar-refractivity contribution in [3.05, 3.63) is 87.4 Å². The van der Waals surface area contributed by atoms with Crippen molar-refractivity contribution in [1.82, 2.24) is 4.72 Å². The molecule has 176 valence electrons. The summed E-state index contributed by atoms with van der Waals surface area (Å²) in [6.45, 7) is 2.25. The van der Waals surface area contributed by atoms with Crippen molar-refractivity contribution in [1.29, 1.82) is 0 Å². The van der Waals surface area contributed by atoms with Gasteiger partial charge in [0.25, 0.3) is 0 Å². The first-order valence-corrected chi connectivity index (χ1v) is 13.1. The second-order valence-electron chi connectivity index (χ2n) is 8.49.